The Morgan fingerprint density at radius 2 is 2.09 bits per heavy atom. The average molecular weight is 322 g/mol. The predicted molar refractivity (Wildman–Crippen MR) is 84.2 cm³/mol. The van der Waals surface area contributed by atoms with E-state index in [1.54, 1.807) is 18.2 Å². The SMILES string of the molecule is CCCCC(NC(=O)CCOc1cccc(C(N)=O)c1)C(=O)O. The molecule has 0 aliphatic heterocycles. The molecule has 23 heavy (non-hydrogen) atoms. The smallest absolute Gasteiger partial charge is 0.326 e. The second kappa shape index (κ2) is 9.45. The third kappa shape index (κ3) is 6.82. The van der Waals surface area contributed by atoms with Crippen LogP contribution in [-0.2, 0) is 9.59 Å². The molecule has 1 atom stereocenters. The zero-order chi connectivity index (χ0) is 17.2. The van der Waals surface area contributed by atoms with Gasteiger partial charge in [0.15, 0.2) is 0 Å². The first-order valence-electron chi connectivity index (χ1n) is 7.49. The highest BCUT2D eigenvalue weighted by Crippen LogP contribution is 2.13. The average Bonchev–Trinajstić information content (AvgIpc) is 2.51. The van der Waals surface area contributed by atoms with Crippen molar-refractivity contribution in [2.75, 3.05) is 6.61 Å². The molecule has 7 nitrogen and oxygen atoms in total. The van der Waals surface area contributed by atoms with Crippen molar-refractivity contribution in [3.05, 3.63) is 29.8 Å². The molecule has 0 radical (unpaired) electrons. The molecule has 0 aromatic heterocycles. The fourth-order valence-electron chi connectivity index (χ4n) is 1.93. The predicted octanol–water partition coefficient (Wildman–Crippen LogP) is 1.31. The van der Waals surface area contributed by atoms with Gasteiger partial charge in [0.25, 0.3) is 0 Å². The Balaban J connectivity index is 2.42. The van der Waals surface area contributed by atoms with Gasteiger partial charge in [0.1, 0.15) is 11.8 Å². The first-order valence-corrected chi connectivity index (χ1v) is 7.49. The van der Waals surface area contributed by atoms with Gasteiger partial charge in [-0.1, -0.05) is 25.8 Å². The molecule has 0 spiro atoms. The fraction of sp³-hybridized carbons (Fsp3) is 0.438. The quantitative estimate of drug-likeness (QED) is 0.600. The van der Waals surface area contributed by atoms with Crippen molar-refractivity contribution in [2.45, 2.75) is 38.6 Å². The van der Waals surface area contributed by atoms with E-state index in [1.165, 1.54) is 6.07 Å². The van der Waals surface area contributed by atoms with Gasteiger partial charge in [-0.2, -0.15) is 0 Å². The Hall–Kier alpha value is -2.57. The third-order valence-electron chi connectivity index (χ3n) is 3.20. The molecule has 7 heteroatoms. The molecule has 1 aromatic carbocycles. The number of hydrogen-bond donors (Lipinski definition) is 3. The van der Waals surface area contributed by atoms with Gasteiger partial charge in [-0.25, -0.2) is 4.79 Å². The van der Waals surface area contributed by atoms with Crippen molar-refractivity contribution >= 4 is 17.8 Å². The van der Waals surface area contributed by atoms with Crippen molar-refractivity contribution in [3.63, 3.8) is 0 Å². The summed E-state index contributed by atoms with van der Waals surface area (Å²) in [6.07, 6.45) is 2.02. The van der Waals surface area contributed by atoms with Crippen LogP contribution in [0.25, 0.3) is 0 Å². The Morgan fingerprint density at radius 3 is 2.70 bits per heavy atom. The molecule has 1 aromatic rings. The van der Waals surface area contributed by atoms with Gasteiger partial charge in [-0.05, 0) is 24.6 Å². The summed E-state index contributed by atoms with van der Waals surface area (Å²) in [6.45, 7) is 2.03. The molecule has 4 N–H and O–H groups in total. The van der Waals surface area contributed by atoms with Crippen LogP contribution >= 0.6 is 0 Å². The number of amides is 2. The van der Waals surface area contributed by atoms with Crippen molar-refractivity contribution in [2.24, 2.45) is 5.73 Å². The molecule has 0 saturated carbocycles. The summed E-state index contributed by atoms with van der Waals surface area (Å²) in [5, 5.41) is 11.5. The molecular weight excluding hydrogens is 300 g/mol. The zero-order valence-electron chi connectivity index (χ0n) is 13.1. The van der Waals surface area contributed by atoms with Crippen LogP contribution in [0.2, 0.25) is 0 Å². The summed E-state index contributed by atoms with van der Waals surface area (Å²) in [5.41, 5.74) is 5.49. The number of nitrogens with one attached hydrogen (secondary N) is 1. The second-order valence-electron chi connectivity index (χ2n) is 5.09. The van der Waals surface area contributed by atoms with Gasteiger partial charge in [-0.3, -0.25) is 9.59 Å². The zero-order valence-corrected chi connectivity index (χ0v) is 13.1. The minimum atomic E-state index is -1.04. The number of benzene rings is 1. The monoisotopic (exact) mass is 322 g/mol. The molecule has 126 valence electrons. The Kier molecular flexibility index (Phi) is 7.59. The number of ether oxygens (including phenoxy) is 1. The number of aliphatic carboxylic acids is 1. The Bertz CT molecular complexity index is 559. The molecule has 0 aliphatic rings. The minimum Gasteiger partial charge on any atom is -0.493 e. The van der Waals surface area contributed by atoms with E-state index in [2.05, 4.69) is 5.32 Å². The van der Waals surface area contributed by atoms with Crippen LogP contribution in [0, 0.1) is 0 Å². The standard InChI is InChI=1S/C16H22N2O5/c1-2-3-7-13(16(21)22)18-14(19)8-9-23-12-6-4-5-11(10-12)15(17)20/h4-6,10,13H,2-3,7-9H2,1H3,(H2,17,20)(H,18,19)(H,21,22). The Morgan fingerprint density at radius 1 is 1.35 bits per heavy atom. The van der Waals surface area contributed by atoms with Crippen molar-refractivity contribution in [1.82, 2.24) is 5.32 Å². The van der Waals surface area contributed by atoms with Gasteiger partial charge in [0.2, 0.25) is 11.8 Å². The summed E-state index contributed by atoms with van der Waals surface area (Å²) in [7, 11) is 0. The Labute approximate surface area is 134 Å². The summed E-state index contributed by atoms with van der Waals surface area (Å²) >= 11 is 0. The van der Waals surface area contributed by atoms with Crippen LogP contribution in [0.4, 0.5) is 0 Å². The van der Waals surface area contributed by atoms with Crippen LogP contribution in [0.3, 0.4) is 0 Å². The molecule has 0 saturated heterocycles. The second-order valence-corrected chi connectivity index (χ2v) is 5.09. The van der Waals surface area contributed by atoms with Gasteiger partial charge >= 0.3 is 5.97 Å². The molecular formula is C16H22N2O5. The minimum absolute atomic E-state index is 0.0245. The summed E-state index contributed by atoms with van der Waals surface area (Å²) in [4.78, 5) is 33.9. The third-order valence-corrected chi connectivity index (χ3v) is 3.20. The number of primary amides is 1. The van der Waals surface area contributed by atoms with Crippen LogP contribution in [0.15, 0.2) is 24.3 Å². The largest absolute Gasteiger partial charge is 0.493 e. The highest BCUT2D eigenvalue weighted by Gasteiger charge is 2.18. The lowest BCUT2D eigenvalue weighted by Gasteiger charge is -2.14. The summed E-state index contributed by atoms with van der Waals surface area (Å²) < 4.78 is 5.37. The maximum Gasteiger partial charge on any atom is 0.326 e. The summed E-state index contributed by atoms with van der Waals surface area (Å²) in [5.74, 6) is -1.57. The van der Waals surface area contributed by atoms with E-state index < -0.39 is 17.9 Å². The van der Waals surface area contributed by atoms with Gasteiger partial charge < -0.3 is 20.9 Å². The van der Waals surface area contributed by atoms with E-state index in [0.717, 1.165) is 12.8 Å². The van der Waals surface area contributed by atoms with E-state index >= 15 is 0 Å². The van der Waals surface area contributed by atoms with Crippen molar-refractivity contribution in [1.29, 1.82) is 0 Å². The number of carbonyl (C=O) groups is 3. The molecule has 0 aliphatic carbocycles. The number of unbranched alkanes of at least 4 members (excludes halogenated alkanes) is 1. The number of carbonyl (C=O) groups excluding carboxylic acids is 2. The van der Waals surface area contributed by atoms with Crippen LogP contribution in [0.1, 0.15) is 43.0 Å². The van der Waals surface area contributed by atoms with E-state index in [-0.39, 0.29) is 18.9 Å². The van der Waals surface area contributed by atoms with Crippen LogP contribution in [0.5, 0.6) is 5.75 Å². The van der Waals surface area contributed by atoms with Crippen molar-refractivity contribution < 1.29 is 24.2 Å². The van der Waals surface area contributed by atoms with Gasteiger partial charge in [0.05, 0.1) is 13.0 Å². The number of carboxylic acid groups (broad SMARTS) is 1. The first kappa shape index (κ1) is 18.5. The van der Waals surface area contributed by atoms with E-state index in [4.69, 9.17) is 15.6 Å². The van der Waals surface area contributed by atoms with Crippen LogP contribution < -0.4 is 15.8 Å². The molecule has 1 rings (SSSR count). The molecule has 2 amide bonds. The highest BCUT2D eigenvalue weighted by molar-refractivity contribution is 5.93. The molecule has 0 fully saturated rings. The lowest BCUT2D eigenvalue weighted by atomic mass is 10.1. The van der Waals surface area contributed by atoms with E-state index in [0.29, 0.717) is 17.7 Å². The number of nitrogens with two attached hydrogens (primary N) is 1. The van der Waals surface area contributed by atoms with Gasteiger partial charge in [0, 0.05) is 5.56 Å². The first-order chi connectivity index (χ1) is 10.9. The molecule has 0 heterocycles. The fourth-order valence-corrected chi connectivity index (χ4v) is 1.93. The highest BCUT2D eigenvalue weighted by atomic mass is 16.5. The molecule has 1 unspecified atom stereocenters. The lowest BCUT2D eigenvalue weighted by Crippen LogP contribution is -2.41. The normalized spacial score (nSPS) is 11.5. The maximum absolute atomic E-state index is 11.8. The number of carboxylic acids is 1. The number of rotatable bonds is 10. The number of hydrogen-bond acceptors (Lipinski definition) is 4. The van der Waals surface area contributed by atoms with Crippen LogP contribution in [-0.4, -0.2) is 35.5 Å². The van der Waals surface area contributed by atoms with Gasteiger partial charge in [-0.15, -0.1) is 0 Å². The topological polar surface area (TPSA) is 119 Å². The van der Waals surface area contributed by atoms with E-state index in [1.807, 2.05) is 6.92 Å². The maximum atomic E-state index is 11.8. The van der Waals surface area contributed by atoms with E-state index in [9.17, 15) is 14.4 Å². The molecule has 0 bridgehead atoms. The lowest BCUT2D eigenvalue weighted by molar-refractivity contribution is -0.142. The van der Waals surface area contributed by atoms with Crippen molar-refractivity contribution in [3.8, 4) is 5.75 Å². The summed E-state index contributed by atoms with van der Waals surface area (Å²) in [6, 6.07) is 5.45.